The number of rotatable bonds is 0. The Bertz CT molecular complexity index is 1190. The first-order valence-electron chi connectivity index (χ1n) is 13.5. The number of hydrogen-bond acceptors (Lipinski definition) is 0. The third-order valence-electron chi connectivity index (χ3n) is 21.1. The summed E-state index contributed by atoms with van der Waals surface area (Å²) in [6, 6.07) is 0. The molecule has 18 unspecified atom stereocenters. The van der Waals surface area contributed by atoms with Gasteiger partial charge in [-0.15, -0.1) is 0 Å². The second-order valence-electron chi connectivity index (χ2n) is 16.7. The van der Waals surface area contributed by atoms with E-state index in [2.05, 4.69) is 20.8 Å². The molecule has 0 bridgehead atoms. The Morgan fingerprint density at radius 2 is 0.893 bits per heavy atom. The van der Waals surface area contributed by atoms with Gasteiger partial charge < -0.3 is 0 Å². The zero-order valence-electron chi connectivity index (χ0n) is 17.2. The van der Waals surface area contributed by atoms with Crippen molar-refractivity contribution in [2.45, 2.75) is 46.5 Å². The van der Waals surface area contributed by atoms with Crippen molar-refractivity contribution >= 4 is 0 Å². The predicted octanol–water partition coefficient (Wildman–Crippen LogP) is 4.45. The van der Waals surface area contributed by atoms with Crippen LogP contribution in [0.25, 0.3) is 0 Å². The van der Waals surface area contributed by atoms with Crippen molar-refractivity contribution in [3.63, 3.8) is 0 Å². The zero-order valence-corrected chi connectivity index (χ0v) is 17.2. The summed E-state index contributed by atoms with van der Waals surface area (Å²) in [5, 5.41) is 0. The lowest BCUT2D eigenvalue weighted by molar-refractivity contribution is -0.896. The maximum atomic E-state index is 3.05. The third kappa shape index (κ3) is 0.315. The average Bonchev–Trinajstić information content (AvgIpc) is 2.94. The Morgan fingerprint density at radius 1 is 0.429 bits per heavy atom. The van der Waals surface area contributed by atoms with E-state index in [1.54, 1.807) is 25.7 Å². The highest BCUT2D eigenvalue weighted by molar-refractivity contribution is 5.85. The van der Waals surface area contributed by atoms with E-state index < -0.39 is 0 Å². The van der Waals surface area contributed by atoms with E-state index in [1.807, 2.05) is 0 Å². The maximum absolute atomic E-state index is 3.05. The minimum absolute atomic E-state index is 0.862. The average molecular weight is 365 g/mol. The summed E-state index contributed by atoms with van der Waals surface area (Å²) in [6.45, 7) is 8.96. The lowest BCUT2D eigenvalue weighted by Crippen LogP contribution is -3.33. The van der Waals surface area contributed by atoms with Gasteiger partial charge in [-0.25, -0.2) is 0 Å². The highest BCUT2D eigenvalue weighted by Crippen LogP contribution is 3.42. The van der Waals surface area contributed by atoms with Crippen LogP contribution in [0.1, 0.15) is 46.5 Å². The van der Waals surface area contributed by atoms with Gasteiger partial charge in [0.25, 0.3) is 0 Å². The Morgan fingerprint density at radius 3 is 1.39 bits per heavy atom. The molecule has 0 aliphatic heterocycles. The molecule has 0 aromatic carbocycles. The summed E-state index contributed by atoms with van der Waals surface area (Å²) in [5.74, 6) is 13.9. The van der Waals surface area contributed by atoms with Crippen LogP contribution >= 0.6 is 0 Å². The molecule has 0 saturated heterocycles. The molecule has 28 heavy (non-hydrogen) atoms. The molecule has 0 radical (unpaired) electrons. The van der Waals surface area contributed by atoms with Crippen molar-refractivity contribution in [3.05, 3.63) is 0 Å². The first-order chi connectivity index (χ1) is 13.5. The Labute approximate surface area is 166 Å². The van der Waals surface area contributed by atoms with Crippen LogP contribution in [-0.4, -0.2) is 0 Å². The van der Waals surface area contributed by atoms with E-state index in [1.165, 1.54) is 65.1 Å². The van der Waals surface area contributed by atoms with E-state index >= 15 is 0 Å². The van der Waals surface area contributed by atoms with Crippen LogP contribution in [0.2, 0.25) is 0 Å². The SMILES string of the molecule is CC12C3CC4C5CC6C7CC8C9C%10C%11C%12CC3C%121C%111C42C2(C)C53C6(C)C78C93C%1021. The van der Waals surface area contributed by atoms with Crippen molar-refractivity contribution in [2.75, 3.05) is 0 Å². The van der Waals surface area contributed by atoms with Crippen molar-refractivity contribution in [2.24, 2.45) is 119 Å². The van der Waals surface area contributed by atoms with Gasteiger partial charge in [0.15, 0.2) is 0 Å². The van der Waals surface area contributed by atoms with Gasteiger partial charge in [-0.1, -0.05) is 20.8 Å². The summed E-state index contributed by atoms with van der Waals surface area (Å²) in [4.78, 5) is 0. The molecule has 0 heteroatoms. The fourth-order valence-electron chi connectivity index (χ4n) is 24.9. The molecule has 15 saturated carbocycles. The van der Waals surface area contributed by atoms with Crippen LogP contribution in [0, 0.1) is 119 Å². The molecule has 18 atom stereocenters. The summed E-state index contributed by atoms with van der Waals surface area (Å²) >= 11 is 0. The number of hydrogen-bond donors (Lipinski definition) is 0. The quantitative estimate of drug-likeness (QED) is 0.596. The fourth-order valence-corrected chi connectivity index (χ4v) is 24.9. The summed E-state index contributed by atoms with van der Waals surface area (Å²) in [5.41, 5.74) is 9.40. The highest BCUT2D eigenvalue weighted by atomic mass is 15.4. The topological polar surface area (TPSA) is 0 Å². The van der Waals surface area contributed by atoms with Crippen LogP contribution in [0.3, 0.4) is 0 Å². The van der Waals surface area contributed by atoms with Gasteiger partial charge in [0.2, 0.25) is 0 Å². The van der Waals surface area contributed by atoms with E-state index in [-0.39, 0.29) is 0 Å². The molecule has 15 aliphatic rings. The van der Waals surface area contributed by atoms with Crippen LogP contribution in [0.5, 0.6) is 0 Å². The van der Waals surface area contributed by atoms with Crippen LogP contribution in [0.15, 0.2) is 0 Å². The molecular formula is C28H28. The fraction of sp³-hybridized carbons (Fsp3) is 1.00. The maximum Gasteiger partial charge on any atom is -0.00547 e. The first kappa shape index (κ1) is 11.6. The van der Waals surface area contributed by atoms with Crippen molar-refractivity contribution in [1.82, 2.24) is 0 Å². The molecule has 0 aromatic heterocycles. The van der Waals surface area contributed by atoms with E-state index in [4.69, 9.17) is 0 Å². The summed E-state index contributed by atoms with van der Waals surface area (Å²) in [7, 11) is 0. The Balaban J connectivity index is 1.24. The molecule has 0 aromatic rings. The molecule has 15 fully saturated rings. The lowest BCUT2D eigenvalue weighted by atomic mass is 8.68. The van der Waals surface area contributed by atoms with E-state index in [0.29, 0.717) is 0 Å². The van der Waals surface area contributed by atoms with Gasteiger partial charge in [0.05, 0.1) is 0 Å². The van der Waals surface area contributed by atoms with Gasteiger partial charge in [0.1, 0.15) is 0 Å². The minimum atomic E-state index is 0.862. The standard InChI is InChI=1S/C28H28/c1-19-8-4-12-13-5-9-11-7-15-17-18-16-14-6-10(8)22(14,19)27(16)24(12,19)21(3)25(13)20(9,2)23(11,15)28(17,25)26(18,21)27/h8-18H,4-7H2,1-3H3. The normalized spacial score (nSPS) is 115. The highest BCUT2D eigenvalue weighted by Gasteiger charge is 3.40. The largest absolute Gasteiger partial charge is 0.0582 e. The number of fused-ring (bicyclic) bond motifs is 7. The van der Waals surface area contributed by atoms with Crippen molar-refractivity contribution in [3.8, 4) is 0 Å². The van der Waals surface area contributed by atoms with Crippen molar-refractivity contribution in [1.29, 1.82) is 0 Å². The van der Waals surface area contributed by atoms with Crippen LogP contribution in [0.4, 0.5) is 0 Å². The van der Waals surface area contributed by atoms with E-state index in [9.17, 15) is 0 Å². The third-order valence-corrected chi connectivity index (χ3v) is 21.1. The van der Waals surface area contributed by atoms with Gasteiger partial charge in [-0.05, 0) is 145 Å². The minimum Gasteiger partial charge on any atom is -0.0582 e. The lowest BCUT2D eigenvalue weighted by Gasteiger charge is -3.35. The molecule has 140 valence electrons. The molecule has 15 rings (SSSR count). The molecule has 0 nitrogen and oxygen atoms in total. The second kappa shape index (κ2) is 1.94. The van der Waals surface area contributed by atoms with E-state index in [0.717, 1.165) is 54.1 Å². The molecule has 7 spiro atoms. The molecule has 15 aliphatic carbocycles. The van der Waals surface area contributed by atoms with Crippen LogP contribution < -0.4 is 0 Å². The second-order valence-corrected chi connectivity index (χ2v) is 16.7. The van der Waals surface area contributed by atoms with Crippen molar-refractivity contribution < 1.29 is 0 Å². The van der Waals surface area contributed by atoms with Crippen LogP contribution in [-0.2, 0) is 0 Å². The summed E-state index contributed by atoms with van der Waals surface area (Å²) in [6.07, 6.45) is 6.95. The Hall–Kier alpha value is 0. The predicted molar refractivity (Wildman–Crippen MR) is 98.2 cm³/mol. The van der Waals surface area contributed by atoms with Gasteiger partial charge in [-0.2, -0.15) is 0 Å². The Kier molecular flexibility index (Phi) is 0.802. The smallest absolute Gasteiger partial charge is 0.00547 e. The zero-order chi connectivity index (χ0) is 17.2. The van der Waals surface area contributed by atoms with Gasteiger partial charge >= 0.3 is 0 Å². The molecule has 0 heterocycles. The first-order valence-corrected chi connectivity index (χ1v) is 13.5. The summed E-state index contributed by atoms with van der Waals surface area (Å²) < 4.78 is 0. The molecule has 0 amide bonds. The molecule has 0 N–H and O–H groups in total. The molecular weight excluding hydrogens is 336 g/mol. The van der Waals surface area contributed by atoms with Gasteiger partial charge in [0, 0.05) is 0 Å². The van der Waals surface area contributed by atoms with Gasteiger partial charge in [-0.3, -0.25) is 0 Å². The monoisotopic (exact) mass is 364 g/mol.